The molecule has 0 radical (unpaired) electrons. The summed E-state index contributed by atoms with van der Waals surface area (Å²) in [6.45, 7) is 0. The third-order valence-electron chi connectivity index (χ3n) is 3.00. The van der Waals surface area contributed by atoms with Crippen LogP contribution in [0.15, 0.2) is 34.8 Å². The van der Waals surface area contributed by atoms with Crippen LogP contribution in [-0.2, 0) is 0 Å². The summed E-state index contributed by atoms with van der Waals surface area (Å²) >= 11 is 28.0. The van der Waals surface area contributed by atoms with E-state index in [9.17, 15) is 0 Å². The molecular formula is C14H5BrCl4. The Morgan fingerprint density at radius 3 is 2.16 bits per heavy atom. The molecule has 3 aromatic rings. The lowest BCUT2D eigenvalue weighted by molar-refractivity contribution is 1.72. The first-order chi connectivity index (χ1) is 8.99. The molecule has 0 unspecified atom stereocenters. The molecule has 0 N–H and O–H groups in total. The van der Waals surface area contributed by atoms with Gasteiger partial charge in [0.15, 0.2) is 0 Å². The minimum absolute atomic E-state index is 0.514. The standard InChI is InChI=1S/C14H5BrCl4/c15-9-5-12(18)14(19)7-2-1-6-3-10(16)11(17)4-8(6)13(7)9/h1-5H. The number of rotatable bonds is 0. The van der Waals surface area contributed by atoms with Crippen LogP contribution in [0.1, 0.15) is 0 Å². The fraction of sp³-hybridized carbons (Fsp3) is 0. The summed E-state index contributed by atoms with van der Waals surface area (Å²) in [5, 5.41) is 5.94. The number of hydrogen-bond acceptors (Lipinski definition) is 0. The highest BCUT2D eigenvalue weighted by molar-refractivity contribution is 9.10. The Balaban J connectivity index is 2.60. The Morgan fingerprint density at radius 1 is 0.737 bits per heavy atom. The van der Waals surface area contributed by atoms with Crippen LogP contribution < -0.4 is 0 Å². The number of benzene rings is 3. The minimum atomic E-state index is 0.514. The van der Waals surface area contributed by atoms with Crippen molar-refractivity contribution in [1.82, 2.24) is 0 Å². The summed E-state index contributed by atoms with van der Waals surface area (Å²) in [6, 6.07) is 9.35. The molecule has 0 atom stereocenters. The average molecular weight is 395 g/mol. The van der Waals surface area contributed by atoms with Gasteiger partial charge >= 0.3 is 0 Å². The van der Waals surface area contributed by atoms with E-state index in [0.29, 0.717) is 20.1 Å². The van der Waals surface area contributed by atoms with Gasteiger partial charge in [-0.25, -0.2) is 0 Å². The predicted molar refractivity (Wildman–Crippen MR) is 89.2 cm³/mol. The predicted octanol–water partition coefficient (Wildman–Crippen LogP) is 7.37. The zero-order chi connectivity index (χ0) is 13.7. The van der Waals surface area contributed by atoms with Gasteiger partial charge < -0.3 is 0 Å². The Hall–Kier alpha value is -0.180. The van der Waals surface area contributed by atoms with Gasteiger partial charge in [-0.1, -0.05) is 74.5 Å². The van der Waals surface area contributed by atoms with E-state index in [4.69, 9.17) is 46.4 Å². The van der Waals surface area contributed by atoms with Gasteiger partial charge in [0.1, 0.15) is 0 Å². The maximum Gasteiger partial charge on any atom is 0.0671 e. The summed E-state index contributed by atoms with van der Waals surface area (Å²) in [6.07, 6.45) is 0. The summed E-state index contributed by atoms with van der Waals surface area (Å²) in [5.41, 5.74) is 0. The van der Waals surface area contributed by atoms with Crippen molar-refractivity contribution in [3.63, 3.8) is 0 Å². The van der Waals surface area contributed by atoms with E-state index in [-0.39, 0.29) is 0 Å². The van der Waals surface area contributed by atoms with Crippen molar-refractivity contribution in [1.29, 1.82) is 0 Å². The molecule has 0 fully saturated rings. The number of fused-ring (bicyclic) bond motifs is 3. The van der Waals surface area contributed by atoms with Crippen molar-refractivity contribution >= 4 is 83.9 Å². The van der Waals surface area contributed by atoms with Crippen LogP contribution in [0.2, 0.25) is 20.1 Å². The van der Waals surface area contributed by atoms with Crippen molar-refractivity contribution in [3.8, 4) is 0 Å². The first-order valence-corrected chi connectivity index (χ1v) is 7.64. The first kappa shape index (κ1) is 13.8. The largest absolute Gasteiger partial charge is 0.0827 e. The highest BCUT2D eigenvalue weighted by Gasteiger charge is 2.12. The van der Waals surface area contributed by atoms with Crippen LogP contribution >= 0.6 is 62.3 Å². The summed E-state index contributed by atoms with van der Waals surface area (Å²) in [5.74, 6) is 0. The monoisotopic (exact) mass is 392 g/mol. The van der Waals surface area contributed by atoms with Crippen LogP contribution in [-0.4, -0.2) is 0 Å². The van der Waals surface area contributed by atoms with Crippen molar-refractivity contribution in [2.75, 3.05) is 0 Å². The normalized spacial score (nSPS) is 11.4. The van der Waals surface area contributed by atoms with E-state index < -0.39 is 0 Å². The maximum atomic E-state index is 6.26. The van der Waals surface area contributed by atoms with Crippen LogP contribution in [0.3, 0.4) is 0 Å². The molecule has 0 nitrogen and oxygen atoms in total. The second kappa shape index (κ2) is 4.98. The summed E-state index contributed by atoms with van der Waals surface area (Å²) in [7, 11) is 0. The maximum absolute atomic E-state index is 6.26. The van der Waals surface area contributed by atoms with E-state index in [1.54, 1.807) is 6.07 Å². The quantitative estimate of drug-likeness (QED) is 0.276. The van der Waals surface area contributed by atoms with Gasteiger partial charge in [0.05, 0.1) is 20.1 Å². The summed E-state index contributed by atoms with van der Waals surface area (Å²) < 4.78 is 0.876. The zero-order valence-corrected chi connectivity index (χ0v) is 13.9. The Labute approximate surface area is 138 Å². The van der Waals surface area contributed by atoms with Crippen LogP contribution in [0.4, 0.5) is 0 Å². The molecule has 0 amide bonds. The lowest BCUT2D eigenvalue weighted by Gasteiger charge is -2.10. The molecule has 19 heavy (non-hydrogen) atoms. The third kappa shape index (κ3) is 2.22. The minimum Gasteiger partial charge on any atom is -0.0827 e. The molecule has 0 bridgehead atoms. The van der Waals surface area contributed by atoms with Gasteiger partial charge in [-0.3, -0.25) is 0 Å². The van der Waals surface area contributed by atoms with Gasteiger partial charge in [0.25, 0.3) is 0 Å². The fourth-order valence-electron chi connectivity index (χ4n) is 2.13. The SMILES string of the molecule is Clc1cc2ccc3c(Cl)c(Cl)cc(Br)c3c2cc1Cl. The second-order valence-corrected chi connectivity index (χ2v) is 6.58. The molecule has 0 spiro atoms. The van der Waals surface area contributed by atoms with E-state index in [2.05, 4.69) is 15.9 Å². The van der Waals surface area contributed by atoms with Crippen molar-refractivity contribution in [3.05, 3.63) is 54.9 Å². The molecule has 0 aliphatic rings. The van der Waals surface area contributed by atoms with Crippen LogP contribution in [0, 0.1) is 0 Å². The van der Waals surface area contributed by atoms with Crippen molar-refractivity contribution in [2.45, 2.75) is 0 Å². The zero-order valence-electron chi connectivity index (χ0n) is 9.28. The Morgan fingerprint density at radius 2 is 1.42 bits per heavy atom. The van der Waals surface area contributed by atoms with Gasteiger partial charge in [0, 0.05) is 15.2 Å². The Kier molecular flexibility index (Phi) is 3.61. The van der Waals surface area contributed by atoms with Gasteiger partial charge in [-0.05, 0) is 29.0 Å². The molecule has 3 rings (SSSR count). The summed E-state index contributed by atoms with van der Waals surface area (Å²) in [4.78, 5) is 0. The molecule has 3 aromatic carbocycles. The Bertz CT molecular complexity index is 827. The highest BCUT2D eigenvalue weighted by atomic mass is 79.9. The molecule has 96 valence electrons. The van der Waals surface area contributed by atoms with Crippen LogP contribution in [0.5, 0.6) is 0 Å². The molecule has 0 aliphatic heterocycles. The second-order valence-electron chi connectivity index (χ2n) is 4.13. The van der Waals surface area contributed by atoms with E-state index in [1.165, 1.54) is 0 Å². The molecule has 5 heteroatoms. The molecule has 0 saturated heterocycles. The first-order valence-electron chi connectivity index (χ1n) is 5.34. The fourth-order valence-corrected chi connectivity index (χ4v) is 3.68. The molecular weight excluding hydrogens is 390 g/mol. The lowest BCUT2D eigenvalue weighted by Crippen LogP contribution is -1.83. The van der Waals surface area contributed by atoms with Crippen molar-refractivity contribution in [2.24, 2.45) is 0 Å². The van der Waals surface area contributed by atoms with Crippen LogP contribution in [0.25, 0.3) is 21.5 Å². The van der Waals surface area contributed by atoms with E-state index >= 15 is 0 Å². The number of hydrogen-bond donors (Lipinski definition) is 0. The molecule has 0 saturated carbocycles. The van der Waals surface area contributed by atoms with Gasteiger partial charge in [-0.2, -0.15) is 0 Å². The molecule has 0 aliphatic carbocycles. The lowest BCUT2D eigenvalue weighted by atomic mass is 10.0. The molecule has 0 heterocycles. The third-order valence-corrected chi connectivity index (χ3v) is 5.15. The van der Waals surface area contributed by atoms with Gasteiger partial charge in [-0.15, -0.1) is 0 Å². The van der Waals surface area contributed by atoms with Gasteiger partial charge in [0.2, 0.25) is 0 Å². The topological polar surface area (TPSA) is 0 Å². The smallest absolute Gasteiger partial charge is 0.0671 e. The van der Waals surface area contributed by atoms with E-state index in [1.807, 2.05) is 24.3 Å². The average Bonchev–Trinajstić information content (AvgIpc) is 2.36. The molecule has 0 aromatic heterocycles. The van der Waals surface area contributed by atoms with E-state index in [0.717, 1.165) is 26.0 Å². The number of halogens is 5. The van der Waals surface area contributed by atoms with Crippen molar-refractivity contribution < 1.29 is 0 Å². The highest BCUT2D eigenvalue weighted by Crippen LogP contribution is 2.41.